The molecule has 1 atom stereocenters. The minimum Gasteiger partial charge on any atom is -0.376 e. The van der Waals surface area contributed by atoms with Crippen LogP contribution in [-0.4, -0.2) is 45.4 Å². The normalized spacial score (nSPS) is 15.7. The fraction of sp³-hybridized carbons (Fsp3) is 1.00. The van der Waals surface area contributed by atoms with Crippen LogP contribution in [0.3, 0.4) is 0 Å². The van der Waals surface area contributed by atoms with Crippen LogP contribution >= 0.6 is 0 Å². The predicted molar refractivity (Wildman–Crippen MR) is 39.4 cm³/mol. The van der Waals surface area contributed by atoms with Crippen LogP contribution in [0, 0.1) is 0 Å². The third-order valence-corrected chi connectivity index (χ3v) is 1.21. The van der Waals surface area contributed by atoms with Crippen LogP contribution in [0.1, 0.15) is 6.92 Å². The van der Waals surface area contributed by atoms with E-state index in [1.165, 1.54) is 0 Å². The van der Waals surface area contributed by atoms with Gasteiger partial charge in [0.15, 0.2) is 0 Å². The third kappa shape index (κ3) is 5.80. The van der Waals surface area contributed by atoms with Crippen LogP contribution in [0.15, 0.2) is 0 Å². The Morgan fingerprint density at radius 2 is 1.78 bits per heavy atom. The zero-order chi connectivity index (χ0) is 7.49. The van der Waals surface area contributed by atoms with Crippen LogP contribution < -0.4 is 0 Å². The number of likely N-dealkylation sites (N-methyl/N-ethyl adjacent to an activating group) is 1. The number of hydrogen-bond acceptors (Lipinski definition) is 1. The van der Waals surface area contributed by atoms with Crippen molar-refractivity contribution in [1.29, 1.82) is 0 Å². The van der Waals surface area contributed by atoms with Gasteiger partial charge in [-0.1, -0.05) is 0 Å². The first-order chi connectivity index (χ1) is 3.95. The number of methoxy groups -OCH3 is 1. The first-order valence-corrected chi connectivity index (χ1v) is 3.29. The summed E-state index contributed by atoms with van der Waals surface area (Å²) in [6.07, 6.45) is 0.366. The summed E-state index contributed by atoms with van der Waals surface area (Å²) in [4.78, 5) is 0. The molecule has 0 heterocycles. The smallest absolute Gasteiger partial charge is 0.104 e. The van der Waals surface area contributed by atoms with E-state index in [0.717, 1.165) is 11.0 Å². The van der Waals surface area contributed by atoms with Crippen molar-refractivity contribution >= 4 is 0 Å². The lowest BCUT2D eigenvalue weighted by Gasteiger charge is -2.26. The quantitative estimate of drug-likeness (QED) is 0.514. The standard InChI is InChI=1S/C7H18NO/c1-7(9-5)6-8(2,3)4/h7H,6H2,1-5H3/q+1. The highest BCUT2D eigenvalue weighted by Gasteiger charge is 2.11. The van der Waals surface area contributed by atoms with Crippen molar-refractivity contribution in [3.05, 3.63) is 0 Å². The molecule has 0 rings (SSSR count). The molecule has 0 aromatic heterocycles. The Morgan fingerprint density at radius 1 is 1.33 bits per heavy atom. The highest BCUT2D eigenvalue weighted by molar-refractivity contribution is 4.42. The number of nitrogens with zero attached hydrogens (tertiary/aromatic N) is 1. The van der Waals surface area contributed by atoms with Gasteiger partial charge in [0, 0.05) is 7.11 Å². The van der Waals surface area contributed by atoms with Crippen molar-refractivity contribution in [1.82, 2.24) is 0 Å². The average molecular weight is 132 g/mol. The lowest BCUT2D eigenvalue weighted by atomic mass is 10.3. The van der Waals surface area contributed by atoms with Crippen molar-refractivity contribution in [3.8, 4) is 0 Å². The molecule has 0 aromatic rings. The summed E-state index contributed by atoms with van der Waals surface area (Å²) in [6.45, 7) is 3.15. The molecule has 0 saturated heterocycles. The van der Waals surface area contributed by atoms with Crippen molar-refractivity contribution < 1.29 is 9.22 Å². The molecule has 0 radical (unpaired) electrons. The van der Waals surface area contributed by atoms with Crippen molar-refractivity contribution in [2.24, 2.45) is 0 Å². The summed E-state index contributed by atoms with van der Waals surface area (Å²) in [5, 5.41) is 0. The Bertz CT molecular complexity index is 75.5. The summed E-state index contributed by atoms with van der Waals surface area (Å²) in [6, 6.07) is 0. The zero-order valence-corrected chi connectivity index (χ0v) is 7.14. The highest BCUT2D eigenvalue weighted by atomic mass is 16.5. The fourth-order valence-corrected chi connectivity index (χ4v) is 0.846. The molecule has 0 aromatic carbocycles. The van der Waals surface area contributed by atoms with Gasteiger partial charge in [-0.2, -0.15) is 0 Å². The van der Waals surface area contributed by atoms with E-state index in [1.54, 1.807) is 7.11 Å². The molecule has 0 aliphatic rings. The van der Waals surface area contributed by atoms with Gasteiger partial charge < -0.3 is 9.22 Å². The van der Waals surface area contributed by atoms with Crippen molar-refractivity contribution in [3.63, 3.8) is 0 Å². The van der Waals surface area contributed by atoms with Crippen LogP contribution in [0.25, 0.3) is 0 Å². The third-order valence-electron chi connectivity index (χ3n) is 1.21. The largest absolute Gasteiger partial charge is 0.376 e. The van der Waals surface area contributed by atoms with Crippen LogP contribution in [0.2, 0.25) is 0 Å². The van der Waals surface area contributed by atoms with Crippen molar-refractivity contribution in [2.45, 2.75) is 13.0 Å². The Kier molecular flexibility index (Phi) is 3.15. The first kappa shape index (κ1) is 8.92. The van der Waals surface area contributed by atoms with E-state index in [4.69, 9.17) is 4.74 Å². The maximum atomic E-state index is 5.11. The maximum absolute atomic E-state index is 5.11. The van der Waals surface area contributed by atoms with E-state index in [9.17, 15) is 0 Å². The molecule has 9 heavy (non-hydrogen) atoms. The zero-order valence-electron chi connectivity index (χ0n) is 7.14. The van der Waals surface area contributed by atoms with E-state index < -0.39 is 0 Å². The summed E-state index contributed by atoms with van der Waals surface area (Å²) < 4.78 is 6.08. The molecular formula is C7H18NO+. The average Bonchev–Trinajstić information content (AvgIpc) is 1.62. The second kappa shape index (κ2) is 3.18. The Labute approximate surface area is 58.0 Å². The SMILES string of the molecule is COC(C)C[N+](C)(C)C. The Hall–Kier alpha value is -0.0800. The molecule has 0 aliphatic carbocycles. The predicted octanol–water partition coefficient (Wildman–Crippen LogP) is 0.728. The molecule has 0 N–H and O–H groups in total. The molecule has 2 nitrogen and oxygen atoms in total. The monoisotopic (exact) mass is 132 g/mol. The number of hydrogen-bond donors (Lipinski definition) is 0. The Morgan fingerprint density at radius 3 is 1.89 bits per heavy atom. The Balaban J connectivity index is 3.47. The molecule has 2 heteroatoms. The minimum absolute atomic E-state index is 0.366. The molecule has 0 spiro atoms. The molecule has 0 amide bonds. The topological polar surface area (TPSA) is 9.23 Å². The first-order valence-electron chi connectivity index (χ1n) is 3.29. The number of rotatable bonds is 3. The van der Waals surface area contributed by atoms with E-state index in [0.29, 0.717) is 6.10 Å². The van der Waals surface area contributed by atoms with Gasteiger partial charge >= 0.3 is 0 Å². The summed E-state index contributed by atoms with van der Waals surface area (Å²) >= 11 is 0. The van der Waals surface area contributed by atoms with Gasteiger partial charge in [-0.05, 0) is 6.92 Å². The number of ether oxygens (including phenoxy) is 1. The van der Waals surface area contributed by atoms with E-state index in [2.05, 4.69) is 28.1 Å². The van der Waals surface area contributed by atoms with Gasteiger partial charge in [0.05, 0.1) is 21.1 Å². The molecule has 0 saturated carbocycles. The second-order valence-corrected chi connectivity index (χ2v) is 3.52. The van der Waals surface area contributed by atoms with Crippen LogP contribution in [0.4, 0.5) is 0 Å². The molecule has 0 bridgehead atoms. The van der Waals surface area contributed by atoms with Crippen molar-refractivity contribution in [2.75, 3.05) is 34.8 Å². The summed E-state index contributed by atoms with van der Waals surface area (Å²) in [7, 11) is 8.24. The van der Waals surface area contributed by atoms with E-state index in [-0.39, 0.29) is 0 Å². The molecule has 56 valence electrons. The van der Waals surface area contributed by atoms with E-state index in [1.807, 2.05) is 0 Å². The van der Waals surface area contributed by atoms with Gasteiger partial charge in [0.25, 0.3) is 0 Å². The van der Waals surface area contributed by atoms with E-state index >= 15 is 0 Å². The lowest BCUT2D eigenvalue weighted by Crippen LogP contribution is -2.40. The fourth-order valence-electron chi connectivity index (χ4n) is 0.846. The molecule has 0 fully saturated rings. The second-order valence-electron chi connectivity index (χ2n) is 3.52. The summed E-state index contributed by atoms with van der Waals surface area (Å²) in [5.74, 6) is 0. The van der Waals surface area contributed by atoms with Gasteiger partial charge in [-0.15, -0.1) is 0 Å². The van der Waals surface area contributed by atoms with Gasteiger partial charge in [-0.25, -0.2) is 0 Å². The van der Waals surface area contributed by atoms with Crippen LogP contribution in [0.5, 0.6) is 0 Å². The summed E-state index contributed by atoms with van der Waals surface area (Å²) in [5.41, 5.74) is 0. The molecule has 0 aliphatic heterocycles. The molecule has 1 unspecified atom stereocenters. The number of quaternary nitrogens is 1. The highest BCUT2D eigenvalue weighted by Crippen LogP contribution is 1.96. The van der Waals surface area contributed by atoms with Gasteiger partial charge in [0.1, 0.15) is 12.6 Å². The minimum atomic E-state index is 0.366. The van der Waals surface area contributed by atoms with Gasteiger partial charge in [-0.3, -0.25) is 0 Å². The van der Waals surface area contributed by atoms with Gasteiger partial charge in [0.2, 0.25) is 0 Å². The maximum Gasteiger partial charge on any atom is 0.104 e. The lowest BCUT2D eigenvalue weighted by molar-refractivity contribution is -0.873. The molecular weight excluding hydrogens is 114 g/mol. The van der Waals surface area contributed by atoms with Crippen LogP contribution in [-0.2, 0) is 4.74 Å².